The van der Waals surface area contributed by atoms with E-state index in [4.69, 9.17) is 4.74 Å². The number of ether oxygens (including phenoxy) is 1. The van der Waals surface area contributed by atoms with E-state index in [1.165, 1.54) is 0 Å². The fraction of sp³-hybridized carbons (Fsp3) is 0.800. The van der Waals surface area contributed by atoms with E-state index >= 15 is 0 Å². The van der Waals surface area contributed by atoms with Gasteiger partial charge < -0.3 is 25.6 Å². The van der Waals surface area contributed by atoms with Gasteiger partial charge in [0.15, 0.2) is 0 Å². The Morgan fingerprint density at radius 3 is 2.30 bits per heavy atom. The van der Waals surface area contributed by atoms with Crippen LogP contribution >= 0.6 is 0 Å². The lowest BCUT2D eigenvalue weighted by Crippen LogP contribution is -2.38. The van der Waals surface area contributed by atoms with Crippen molar-refractivity contribution in [3.63, 3.8) is 0 Å². The highest BCUT2D eigenvalue weighted by atomic mass is 16.6. The molecule has 0 aliphatic carbocycles. The van der Waals surface area contributed by atoms with Crippen molar-refractivity contribution in [2.75, 3.05) is 39.3 Å². The Hall–Kier alpha value is -1.83. The van der Waals surface area contributed by atoms with Crippen molar-refractivity contribution in [3.05, 3.63) is 0 Å². The van der Waals surface area contributed by atoms with E-state index in [0.29, 0.717) is 32.5 Å². The lowest BCUT2D eigenvalue weighted by molar-refractivity contribution is -0.121. The minimum atomic E-state index is -0.485. The molecule has 0 bridgehead atoms. The van der Waals surface area contributed by atoms with Gasteiger partial charge in [0, 0.05) is 52.1 Å². The predicted molar refractivity (Wildman–Crippen MR) is 85.9 cm³/mol. The summed E-state index contributed by atoms with van der Waals surface area (Å²) in [6, 6.07) is 0. The maximum atomic E-state index is 11.6. The molecule has 2 aliphatic heterocycles. The zero-order chi connectivity index (χ0) is 17.3. The molecule has 23 heavy (non-hydrogen) atoms. The molecule has 8 heteroatoms. The van der Waals surface area contributed by atoms with Gasteiger partial charge in [-0.05, 0) is 20.8 Å². The number of nitrogens with zero attached hydrogens (tertiary/aromatic N) is 1. The average Bonchev–Trinajstić information content (AvgIpc) is 2.80. The molecule has 8 nitrogen and oxygen atoms in total. The molecule has 2 heterocycles. The van der Waals surface area contributed by atoms with Crippen molar-refractivity contribution < 1.29 is 19.1 Å². The molecular weight excluding hydrogens is 300 g/mol. The lowest BCUT2D eigenvalue weighted by atomic mass is 10.2. The summed E-state index contributed by atoms with van der Waals surface area (Å²) >= 11 is 0. The maximum Gasteiger partial charge on any atom is 0.410 e. The Bertz CT molecular complexity index is 410. The van der Waals surface area contributed by atoms with Gasteiger partial charge in [-0.1, -0.05) is 0 Å². The van der Waals surface area contributed by atoms with Gasteiger partial charge in [0.1, 0.15) is 5.60 Å². The predicted octanol–water partition coefficient (Wildman–Crippen LogP) is -0.161. The Morgan fingerprint density at radius 2 is 1.61 bits per heavy atom. The molecule has 2 rings (SSSR count). The Kier molecular flexibility index (Phi) is 7.80. The fourth-order valence-electron chi connectivity index (χ4n) is 1.98. The maximum absolute atomic E-state index is 11.6. The molecule has 2 saturated heterocycles. The first kappa shape index (κ1) is 19.2. The van der Waals surface area contributed by atoms with Crippen LogP contribution in [0.15, 0.2) is 0 Å². The minimum absolute atomic E-state index is 0.0129. The number of hydrogen-bond donors (Lipinski definition) is 3. The zero-order valence-electron chi connectivity index (χ0n) is 14.2. The van der Waals surface area contributed by atoms with Gasteiger partial charge in [-0.25, -0.2) is 4.79 Å². The van der Waals surface area contributed by atoms with Crippen molar-refractivity contribution in [3.8, 4) is 0 Å². The minimum Gasteiger partial charge on any atom is -0.444 e. The normalized spacial score (nSPS) is 19.3. The quantitative estimate of drug-likeness (QED) is 0.574. The Labute approximate surface area is 137 Å². The van der Waals surface area contributed by atoms with E-state index in [-0.39, 0.29) is 17.9 Å². The van der Waals surface area contributed by atoms with Crippen molar-refractivity contribution in [2.45, 2.75) is 39.2 Å². The van der Waals surface area contributed by atoms with E-state index in [1.54, 1.807) is 4.90 Å². The summed E-state index contributed by atoms with van der Waals surface area (Å²) in [5.41, 5.74) is -0.485. The van der Waals surface area contributed by atoms with Crippen molar-refractivity contribution in [2.24, 2.45) is 0 Å². The first-order chi connectivity index (χ1) is 10.8. The Morgan fingerprint density at radius 1 is 0.957 bits per heavy atom. The van der Waals surface area contributed by atoms with E-state index < -0.39 is 5.60 Å². The summed E-state index contributed by atoms with van der Waals surface area (Å²) in [5.74, 6) is 0.149. The van der Waals surface area contributed by atoms with Gasteiger partial charge in [0.05, 0.1) is 0 Å². The smallest absolute Gasteiger partial charge is 0.410 e. The molecule has 2 fully saturated rings. The van der Waals surface area contributed by atoms with Gasteiger partial charge in [-0.3, -0.25) is 9.59 Å². The molecule has 0 aromatic rings. The highest BCUT2D eigenvalue weighted by Gasteiger charge is 2.23. The van der Waals surface area contributed by atoms with Gasteiger partial charge in [-0.15, -0.1) is 0 Å². The van der Waals surface area contributed by atoms with Gasteiger partial charge in [0.25, 0.3) is 0 Å². The molecule has 0 spiro atoms. The summed E-state index contributed by atoms with van der Waals surface area (Å²) in [4.78, 5) is 34.8. The van der Waals surface area contributed by atoms with E-state index in [1.807, 2.05) is 20.8 Å². The Balaban J connectivity index is 0.000000277. The third-order valence-electron chi connectivity index (χ3n) is 3.12. The van der Waals surface area contributed by atoms with E-state index in [9.17, 15) is 14.4 Å². The lowest BCUT2D eigenvalue weighted by Gasteiger charge is -2.25. The SMILES string of the molecule is CC(C)(C)OC(=O)N1CCNC(=O)CC1.O=C1CCNCCN1. The van der Waals surface area contributed by atoms with Crippen molar-refractivity contribution in [1.29, 1.82) is 0 Å². The third-order valence-corrected chi connectivity index (χ3v) is 3.12. The highest BCUT2D eigenvalue weighted by Crippen LogP contribution is 2.10. The largest absolute Gasteiger partial charge is 0.444 e. The monoisotopic (exact) mass is 328 g/mol. The summed E-state index contributed by atoms with van der Waals surface area (Å²) in [7, 11) is 0. The van der Waals surface area contributed by atoms with E-state index in [2.05, 4.69) is 16.0 Å². The summed E-state index contributed by atoms with van der Waals surface area (Å²) in [6.07, 6.45) is 0.623. The van der Waals surface area contributed by atoms with Crippen LogP contribution in [0.5, 0.6) is 0 Å². The van der Waals surface area contributed by atoms with Gasteiger partial charge in [0.2, 0.25) is 11.8 Å². The number of amides is 3. The number of nitrogens with one attached hydrogen (secondary N) is 3. The molecule has 3 amide bonds. The second-order valence-electron chi connectivity index (χ2n) is 6.42. The van der Waals surface area contributed by atoms with Crippen LogP contribution in [0.3, 0.4) is 0 Å². The molecule has 2 aliphatic rings. The molecule has 0 atom stereocenters. The molecule has 0 unspecified atom stereocenters. The van der Waals surface area contributed by atoms with Crippen LogP contribution in [-0.4, -0.2) is 67.7 Å². The molecule has 0 aromatic heterocycles. The second kappa shape index (κ2) is 9.34. The van der Waals surface area contributed by atoms with Crippen LogP contribution in [-0.2, 0) is 14.3 Å². The highest BCUT2D eigenvalue weighted by molar-refractivity contribution is 5.78. The topological polar surface area (TPSA) is 99.8 Å². The number of carbonyl (C=O) groups is 3. The molecule has 0 radical (unpaired) electrons. The first-order valence-electron chi connectivity index (χ1n) is 8.00. The van der Waals surface area contributed by atoms with Crippen LogP contribution in [0.25, 0.3) is 0 Å². The molecule has 3 N–H and O–H groups in total. The van der Waals surface area contributed by atoms with Crippen LogP contribution in [0, 0.1) is 0 Å². The second-order valence-corrected chi connectivity index (χ2v) is 6.42. The third kappa shape index (κ3) is 9.02. The zero-order valence-corrected chi connectivity index (χ0v) is 14.2. The van der Waals surface area contributed by atoms with Crippen LogP contribution in [0.1, 0.15) is 33.6 Å². The average molecular weight is 328 g/mol. The van der Waals surface area contributed by atoms with Gasteiger partial charge >= 0.3 is 6.09 Å². The first-order valence-corrected chi connectivity index (χ1v) is 8.00. The standard InChI is InChI=1S/C10H18N2O3.C5H10N2O/c1-10(2,3)15-9(14)12-6-4-8(13)11-5-7-12;8-5-1-2-6-3-4-7-5/h4-7H2,1-3H3,(H,11,13);6H,1-4H2,(H,7,8). The number of carbonyl (C=O) groups excluding carboxylic acids is 3. The number of hydrogen-bond acceptors (Lipinski definition) is 5. The van der Waals surface area contributed by atoms with Crippen LogP contribution in [0.2, 0.25) is 0 Å². The van der Waals surface area contributed by atoms with Crippen molar-refractivity contribution >= 4 is 17.9 Å². The summed E-state index contributed by atoms with van der Waals surface area (Å²) < 4.78 is 5.22. The number of rotatable bonds is 0. The van der Waals surface area contributed by atoms with E-state index in [0.717, 1.165) is 19.6 Å². The van der Waals surface area contributed by atoms with Crippen LogP contribution < -0.4 is 16.0 Å². The fourth-order valence-corrected chi connectivity index (χ4v) is 1.98. The molecule has 0 aromatic carbocycles. The van der Waals surface area contributed by atoms with Gasteiger partial charge in [-0.2, -0.15) is 0 Å². The van der Waals surface area contributed by atoms with Crippen LogP contribution in [0.4, 0.5) is 4.79 Å². The summed E-state index contributed by atoms with van der Waals surface area (Å²) in [5, 5.41) is 8.54. The summed E-state index contributed by atoms with van der Waals surface area (Å²) in [6.45, 7) is 9.43. The molecule has 0 saturated carbocycles. The molecule has 132 valence electrons. The molecular formula is C15H28N4O4. The van der Waals surface area contributed by atoms with Crippen molar-refractivity contribution in [1.82, 2.24) is 20.9 Å².